The zero-order valence-electron chi connectivity index (χ0n) is 18.2. The second-order valence-electron chi connectivity index (χ2n) is 9.30. The van der Waals surface area contributed by atoms with E-state index < -0.39 is 18.4 Å². The predicted molar refractivity (Wildman–Crippen MR) is 114 cm³/mol. The van der Waals surface area contributed by atoms with Crippen LogP contribution in [-0.4, -0.2) is 41.6 Å². The van der Waals surface area contributed by atoms with Gasteiger partial charge >= 0.3 is 183 Å². The number of hydrogen-bond donors (Lipinski definition) is 0. The van der Waals surface area contributed by atoms with E-state index in [-0.39, 0.29) is 21.2 Å². The first-order valence-corrected chi connectivity index (χ1v) is 20.6. The van der Waals surface area contributed by atoms with Gasteiger partial charge in [0.05, 0.1) is 0 Å². The third kappa shape index (κ3) is 4.20. The molecule has 1 heterocycles. The fourth-order valence-electron chi connectivity index (χ4n) is 4.31. The SMILES string of the molecule is CCN(CC)Cc1ccc(C2(C[I-](C)(C)C)[I-]CC2(C)C)c2ccccc12. The first-order chi connectivity index (χ1) is 12.6. The summed E-state index contributed by atoms with van der Waals surface area (Å²) in [6.07, 6.45) is 0. The Bertz CT molecular complexity index is 802. The predicted octanol–water partition coefficient (Wildman–Crippen LogP) is -0.944. The van der Waals surface area contributed by atoms with Crippen molar-refractivity contribution < 1.29 is 39.6 Å². The first-order valence-electron chi connectivity index (χ1n) is 10.0. The summed E-state index contributed by atoms with van der Waals surface area (Å²) >= 11 is -1.37. The monoisotopic (exact) mass is 593 g/mol. The van der Waals surface area contributed by atoms with E-state index in [9.17, 15) is 0 Å². The molecule has 0 saturated carbocycles. The van der Waals surface area contributed by atoms with Crippen LogP contribution in [0.1, 0.15) is 38.8 Å². The third-order valence-electron chi connectivity index (χ3n) is 6.02. The van der Waals surface area contributed by atoms with Gasteiger partial charge in [0.15, 0.2) is 0 Å². The number of halogens is 2. The van der Waals surface area contributed by atoms with Gasteiger partial charge in [-0.3, -0.25) is 0 Å². The van der Waals surface area contributed by atoms with Gasteiger partial charge in [-0.15, -0.1) is 0 Å². The molecular weight excluding hydrogens is 556 g/mol. The molecule has 1 atom stereocenters. The molecule has 0 radical (unpaired) electrons. The fourth-order valence-corrected chi connectivity index (χ4v) is 20.0. The van der Waals surface area contributed by atoms with E-state index in [1.54, 1.807) is 10.9 Å². The van der Waals surface area contributed by atoms with Gasteiger partial charge in [-0.2, -0.15) is 0 Å². The van der Waals surface area contributed by atoms with Crippen LogP contribution in [-0.2, 0) is 9.97 Å². The van der Waals surface area contributed by atoms with Crippen LogP contribution in [0.15, 0.2) is 36.4 Å². The van der Waals surface area contributed by atoms with Gasteiger partial charge in [0, 0.05) is 0 Å². The zero-order valence-corrected chi connectivity index (χ0v) is 22.5. The zero-order chi connectivity index (χ0) is 19.9. The van der Waals surface area contributed by atoms with E-state index >= 15 is 0 Å². The molecule has 0 aliphatic carbocycles. The molecule has 1 fully saturated rings. The van der Waals surface area contributed by atoms with Gasteiger partial charge in [0.1, 0.15) is 0 Å². The van der Waals surface area contributed by atoms with E-state index in [2.05, 4.69) is 83.8 Å². The van der Waals surface area contributed by atoms with E-state index in [4.69, 9.17) is 0 Å². The van der Waals surface area contributed by atoms with Crippen molar-refractivity contribution in [3.63, 3.8) is 0 Å². The normalized spacial score (nSPS) is 23.1. The molecular formula is C24H37I2N-2. The number of alkyl halides is 6. The van der Waals surface area contributed by atoms with Crippen LogP contribution in [0.3, 0.4) is 0 Å². The van der Waals surface area contributed by atoms with Crippen molar-refractivity contribution in [3.05, 3.63) is 47.5 Å². The Labute approximate surface area is 181 Å². The van der Waals surface area contributed by atoms with Gasteiger partial charge in [-0.05, 0) is 0 Å². The number of nitrogens with zero attached hydrogens (tertiary/aromatic N) is 1. The molecule has 154 valence electrons. The van der Waals surface area contributed by atoms with Crippen molar-refractivity contribution in [1.82, 2.24) is 4.90 Å². The minimum absolute atomic E-state index is 0.230. The number of rotatable bonds is 7. The summed E-state index contributed by atoms with van der Waals surface area (Å²) in [5.74, 6) is 0. The summed E-state index contributed by atoms with van der Waals surface area (Å²) < 4.78 is 3.44. The Balaban J connectivity index is 2.15. The summed E-state index contributed by atoms with van der Waals surface area (Å²) in [5, 5.41) is 3.04. The van der Waals surface area contributed by atoms with Crippen molar-refractivity contribution in [3.8, 4) is 0 Å². The molecule has 2 aromatic rings. The van der Waals surface area contributed by atoms with E-state index in [1.165, 1.54) is 19.8 Å². The molecule has 2 aromatic carbocycles. The first kappa shape index (κ1) is 21.8. The molecule has 27 heavy (non-hydrogen) atoms. The molecule has 3 heteroatoms. The van der Waals surface area contributed by atoms with Crippen LogP contribution in [0.4, 0.5) is 0 Å². The Morgan fingerprint density at radius 3 is 2.07 bits per heavy atom. The average molecular weight is 593 g/mol. The summed E-state index contributed by atoms with van der Waals surface area (Å²) in [6, 6.07) is 14.3. The summed E-state index contributed by atoms with van der Waals surface area (Å²) in [5.41, 5.74) is 3.64. The van der Waals surface area contributed by atoms with Gasteiger partial charge in [-0.25, -0.2) is 0 Å². The number of fused-ring (bicyclic) bond motifs is 1. The van der Waals surface area contributed by atoms with Crippen LogP contribution in [0.5, 0.6) is 0 Å². The van der Waals surface area contributed by atoms with Crippen molar-refractivity contribution in [2.75, 3.05) is 36.7 Å². The minimum atomic E-state index is -1.60. The molecule has 0 amide bonds. The molecule has 3 rings (SSSR count). The van der Waals surface area contributed by atoms with Crippen LogP contribution in [0.25, 0.3) is 10.8 Å². The molecule has 1 unspecified atom stereocenters. The van der Waals surface area contributed by atoms with Crippen molar-refractivity contribution >= 4 is 10.8 Å². The van der Waals surface area contributed by atoms with Crippen molar-refractivity contribution in [1.29, 1.82) is 0 Å². The molecule has 1 saturated heterocycles. The molecule has 1 nitrogen and oxygen atoms in total. The third-order valence-corrected chi connectivity index (χ3v) is 16.9. The van der Waals surface area contributed by atoms with Gasteiger partial charge in [0.2, 0.25) is 0 Å². The topological polar surface area (TPSA) is 3.24 Å². The molecule has 1 aliphatic rings. The molecule has 0 aromatic heterocycles. The van der Waals surface area contributed by atoms with Crippen LogP contribution in [0, 0.1) is 5.41 Å². The molecule has 1 aliphatic heterocycles. The number of hydrogen-bond acceptors (Lipinski definition) is 1. The Morgan fingerprint density at radius 1 is 0.963 bits per heavy atom. The maximum atomic E-state index is 2.60. The van der Waals surface area contributed by atoms with Crippen molar-refractivity contribution in [2.24, 2.45) is 5.41 Å². The van der Waals surface area contributed by atoms with E-state index in [0.29, 0.717) is 8.84 Å². The number of benzene rings is 2. The summed E-state index contributed by atoms with van der Waals surface area (Å²) in [7, 11) is 0. The van der Waals surface area contributed by atoms with Gasteiger partial charge in [-0.1, -0.05) is 0 Å². The van der Waals surface area contributed by atoms with Crippen molar-refractivity contribution in [2.45, 2.75) is 37.7 Å². The van der Waals surface area contributed by atoms with Gasteiger partial charge in [0.25, 0.3) is 0 Å². The quantitative estimate of drug-likeness (QED) is 0.296. The van der Waals surface area contributed by atoms with Crippen LogP contribution >= 0.6 is 0 Å². The van der Waals surface area contributed by atoms with E-state index in [1.807, 2.05) is 0 Å². The van der Waals surface area contributed by atoms with Gasteiger partial charge < -0.3 is 0 Å². The second-order valence-corrected chi connectivity index (χ2v) is 24.5. The second kappa shape index (κ2) is 8.10. The standard InChI is InChI=1S/C24H37I2N/c1-8-27(9-2)16-19-14-15-22(21-13-11-10-12-20(19)21)24(18-26(5,6)7)23(3,4)17-25-24/h10-15H,8-9,16-18H2,1-7H3/q-2. The summed E-state index contributed by atoms with van der Waals surface area (Å²) in [4.78, 5) is 10.3. The fraction of sp³-hybridized carbons (Fsp3) is 0.583. The molecule has 0 bridgehead atoms. The maximum absolute atomic E-state index is 2.60. The van der Waals surface area contributed by atoms with E-state index in [0.717, 1.165) is 19.6 Å². The Hall–Kier alpha value is 0.120. The summed E-state index contributed by atoms with van der Waals surface area (Å²) in [6.45, 7) is 12.9. The Kier molecular flexibility index (Phi) is 6.54. The van der Waals surface area contributed by atoms with Crippen LogP contribution < -0.4 is 39.6 Å². The molecule has 0 spiro atoms. The average Bonchev–Trinajstić information content (AvgIpc) is 2.62. The van der Waals surface area contributed by atoms with Crippen LogP contribution in [0.2, 0.25) is 0 Å². The molecule has 0 N–H and O–H groups in total. The Morgan fingerprint density at radius 2 is 1.59 bits per heavy atom.